The third-order valence-corrected chi connectivity index (χ3v) is 5.57. The Hall–Kier alpha value is -1.80. The number of nitrogens with zero attached hydrogens (tertiary/aromatic N) is 5. The maximum atomic E-state index is 12.9. The van der Waals surface area contributed by atoms with Crippen molar-refractivity contribution in [3.63, 3.8) is 0 Å². The van der Waals surface area contributed by atoms with E-state index in [1.54, 1.807) is 6.33 Å². The van der Waals surface area contributed by atoms with Gasteiger partial charge >= 0.3 is 0 Å². The molecule has 1 aliphatic heterocycles. The first-order valence-corrected chi connectivity index (χ1v) is 9.14. The van der Waals surface area contributed by atoms with E-state index in [0.29, 0.717) is 13.2 Å². The van der Waals surface area contributed by atoms with Crippen LogP contribution in [0, 0.1) is 6.92 Å². The molecule has 2 aromatic heterocycles. The smallest absolute Gasteiger partial charge is 0.265 e. The summed E-state index contributed by atoms with van der Waals surface area (Å²) in [7, 11) is 0. The van der Waals surface area contributed by atoms with Crippen LogP contribution in [0.25, 0.3) is 0 Å². The molecule has 3 heterocycles. The third-order valence-electron chi connectivity index (χ3n) is 4.27. The Labute approximate surface area is 145 Å². The molecule has 0 spiro atoms. The Morgan fingerprint density at radius 1 is 1.54 bits per heavy atom. The molecule has 0 aliphatic carbocycles. The average Bonchev–Trinajstić information content (AvgIpc) is 3.24. The van der Waals surface area contributed by atoms with Crippen LogP contribution in [-0.2, 0) is 4.74 Å². The van der Waals surface area contributed by atoms with Crippen LogP contribution in [0.3, 0.4) is 0 Å². The zero-order chi connectivity index (χ0) is 17.1. The summed E-state index contributed by atoms with van der Waals surface area (Å²) < 4.78 is 7.44. The first kappa shape index (κ1) is 17.0. The number of carbonyl (C=O) groups excluding carboxylic acids is 1. The molecule has 1 saturated heterocycles. The van der Waals surface area contributed by atoms with Crippen LogP contribution in [0.1, 0.15) is 59.2 Å². The maximum Gasteiger partial charge on any atom is 0.265 e. The Morgan fingerprint density at radius 2 is 2.38 bits per heavy atom. The van der Waals surface area contributed by atoms with Gasteiger partial charge in [-0.15, -0.1) is 11.3 Å². The zero-order valence-corrected chi connectivity index (χ0v) is 15.1. The molecule has 0 N–H and O–H groups in total. The summed E-state index contributed by atoms with van der Waals surface area (Å²) in [6.07, 6.45) is 5.16. The molecular weight excluding hydrogens is 326 g/mol. The molecule has 2 unspecified atom stereocenters. The summed E-state index contributed by atoms with van der Waals surface area (Å²) in [4.78, 5) is 24.1. The second-order valence-electron chi connectivity index (χ2n) is 5.99. The second kappa shape index (κ2) is 7.40. The number of aryl methyl sites for hydroxylation is 1. The number of piperidine rings is 1. The number of aromatic nitrogens is 4. The van der Waals surface area contributed by atoms with Gasteiger partial charge in [-0.1, -0.05) is 0 Å². The lowest BCUT2D eigenvalue weighted by Gasteiger charge is -2.32. The van der Waals surface area contributed by atoms with Crippen LogP contribution >= 0.6 is 11.3 Å². The standard InChI is InChI=1S/C16H23N5O2S/c1-4-23-12(3)15-19-11(2)14(24-15)16(22)20-7-5-6-13(8-20)21-10-17-9-18-21/h9-10,12-13H,4-8H2,1-3H3. The summed E-state index contributed by atoms with van der Waals surface area (Å²) in [5, 5.41) is 5.08. The molecule has 24 heavy (non-hydrogen) atoms. The number of likely N-dealkylation sites (tertiary alicyclic amines) is 1. The Kier molecular flexibility index (Phi) is 5.25. The van der Waals surface area contributed by atoms with Gasteiger partial charge in [0.25, 0.3) is 5.91 Å². The number of hydrogen-bond acceptors (Lipinski definition) is 6. The van der Waals surface area contributed by atoms with Crippen LogP contribution in [0.5, 0.6) is 0 Å². The van der Waals surface area contributed by atoms with Gasteiger partial charge < -0.3 is 9.64 Å². The van der Waals surface area contributed by atoms with Crippen LogP contribution in [0.2, 0.25) is 0 Å². The highest BCUT2D eigenvalue weighted by molar-refractivity contribution is 7.13. The SMILES string of the molecule is CCOC(C)c1nc(C)c(C(=O)N2CCCC(n3cncn3)C2)s1. The summed E-state index contributed by atoms with van der Waals surface area (Å²) in [6, 6.07) is 0.195. The fourth-order valence-corrected chi connectivity index (χ4v) is 4.05. The number of rotatable bonds is 5. The zero-order valence-electron chi connectivity index (χ0n) is 14.3. The van der Waals surface area contributed by atoms with Crippen molar-refractivity contribution in [2.75, 3.05) is 19.7 Å². The monoisotopic (exact) mass is 349 g/mol. The number of amides is 1. The molecule has 8 heteroatoms. The molecule has 0 radical (unpaired) electrons. The molecule has 1 aliphatic rings. The molecule has 2 atom stereocenters. The lowest BCUT2D eigenvalue weighted by atomic mass is 10.1. The minimum absolute atomic E-state index is 0.0600. The van der Waals surface area contributed by atoms with Crippen molar-refractivity contribution in [3.8, 4) is 0 Å². The fraction of sp³-hybridized carbons (Fsp3) is 0.625. The summed E-state index contributed by atoms with van der Waals surface area (Å²) in [5.41, 5.74) is 0.787. The molecule has 2 aromatic rings. The van der Waals surface area contributed by atoms with Crippen molar-refractivity contribution in [1.82, 2.24) is 24.6 Å². The van der Waals surface area contributed by atoms with Gasteiger partial charge in [-0.05, 0) is 33.6 Å². The largest absolute Gasteiger partial charge is 0.372 e. The minimum Gasteiger partial charge on any atom is -0.372 e. The summed E-state index contributed by atoms with van der Waals surface area (Å²) in [5.74, 6) is 0.0600. The van der Waals surface area contributed by atoms with Gasteiger partial charge in [-0.2, -0.15) is 5.10 Å². The highest BCUT2D eigenvalue weighted by atomic mass is 32.1. The first-order valence-electron chi connectivity index (χ1n) is 8.32. The van der Waals surface area contributed by atoms with E-state index in [4.69, 9.17) is 4.74 Å². The Balaban J connectivity index is 1.74. The van der Waals surface area contributed by atoms with Gasteiger partial charge in [0.15, 0.2) is 0 Å². The van der Waals surface area contributed by atoms with Gasteiger partial charge in [-0.25, -0.2) is 14.6 Å². The molecule has 0 saturated carbocycles. The van der Waals surface area contributed by atoms with Gasteiger partial charge in [-0.3, -0.25) is 4.79 Å². The Bertz CT molecular complexity index is 685. The van der Waals surface area contributed by atoms with Gasteiger partial charge in [0, 0.05) is 19.7 Å². The Morgan fingerprint density at radius 3 is 3.08 bits per heavy atom. The van der Waals surface area contributed by atoms with Gasteiger partial charge in [0.2, 0.25) is 0 Å². The number of ether oxygens (including phenoxy) is 1. The molecule has 1 amide bonds. The number of thiazole rings is 1. The van der Waals surface area contributed by atoms with E-state index in [0.717, 1.165) is 35.0 Å². The van der Waals surface area contributed by atoms with Crippen LogP contribution < -0.4 is 0 Å². The van der Waals surface area contributed by atoms with E-state index in [-0.39, 0.29) is 18.1 Å². The van der Waals surface area contributed by atoms with Crippen LogP contribution in [-0.4, -0.2) is 50.3 Å². The van der Waals surface area contributed by atoms with Crippen molar-refractivity contribution in [3.05, 3.63) is 28.2 Å². The molecule has 0 aromatic carbocycles. The second-order valence-corrected chi connectivity index (χ2v) is 7.02. The lowest BCUT2D eigenvalue weighted by Crippen LogP contribution is -2.40. The van der Waals surface area contributed by atoms with E-state index in [9.17, 15) is 4.79 Å². The predicted molar refractivity (Wildman–Crippen MR) is 91.1 cm³/mol. The molecular formula is C16H23N5O2S. The fourth-order valence-electron chi connectivity index (χ4n) is 3.02. The topological polar surface area (TPSA) is 73.1 Å². The molecule has 1 fully saturated rings. The van der Waals surface area contributed by atoms with E-state index in [2.05, 4.69) is 15.1 Å². The molecule has 3 rings (SSSR count). The molecule has 130 valence electrons. The van der Waals surface area contributed by atoms with Crippen LogP contribution in [0.4, 0.5) is 0 Å². The van der Waals surface area contributed by atoms with E-state index < -0.39 is 0 Å². The van der Waals surface area contributed by atoms with E-state index in [1.807, 2.05) is 30.4 Å². The van der Waals surface area contributed by atoms with Crippen LogP contribution in [0.15, 0.2) is 12.7 Å². The van der Waals surface area contributed by atoms with Gasteiger partial charge in [0.1, 0.15) is 28.6 Å². The van der Waals surface area contributed by atoms with Crippen molar-refractivity contribution in [2.24, 2.45) is 0 Å². The number of carbonyl (C=O) groups is 1. The van der Waals surface area contributed by atoms with Crippen molar-refractivity contribution >= 4 is 17.2 Å². The summed E-state index contributed by atoms with van der Waals surface area (Å²) in [6.45, 7) is 7.89. The number of hydrogen-bond donors (Lipinski definition) is 0. The maximum absolute atomic E-state index is 12.9. The van der Waals surface area contributed by atoms with Gasteiger partial charge in [0.05, 0.1) is 11.7 Å². The van der Waals surface area contributed by atoms with E-state index >= 15 is 0 Å². The summed E-state index contributed by atoms with van der Waals surface area (Å²) >= 11 is 1.45. The average molecular weight is 349 g/mol. The predicted octanol–water partition coefficient (Wildman–Crippen LogP) is 2.62. The van der Waals surface area contributed by atoms with Crippen molar-refractivity contribution < 1.29 is 9.53 Å². The van der Waals surface area contributed by atoms with Crippen molar-refractivity contribution in [2.45, 2.75) is 45.8 Å². The molecule has 0 bridgehead atoms. The lowest BCUT2D eigenvalue weighted by molar-refractivity contribution is 0.0676. The minimum atomic E-state index is -0.0792. The normalized spacial score (nSPS) is 19.5. The van der Waals surface area contributed by atoms with E-state index in [1.165, 1.54) is 17.7 Å². The highest BCUT2D eigenvalue weighted by Gasteiger charge is 2.28. The highest BCUT2D eigenvalue weighted by Crippen LogP contribution is 2.29. The quantitative estimate of drug-likeness (QED) is 0.829. The van der Waals surface area contributed by atoms with Crippen molar-refractivity contribution in [1.29, 1.82) is 0 Å². The first-order chi connectivity index (χ1) is 11.6. The third kappa shape index (κ3) is 3.49. The molecule has 7 nitrogen and oxygen atoms in total.